The molecular weight excluding hydrogens is 623 g/mol. The molecule has 2 aliphatic rings. The number of carbonyl (C=O) groups is 4. The number of halogens is 3. The van der Waals surface area contributed by atoms with Crippen molar-refractivity contribution in [3.8, 4) is 0 Å². The zero-order valence-corrected chi connectivity index (χ0v) is 24.0. The van der Waals surface area contributed by atoms with Crippen LogP contribution in [-0.2, 0) is 0 Å². The van der Waals surface area contributed by atoms with Crippen molar-refractivity contribution in [3.63, 3.8) is 0 Å². The normalized spacial score (nSPS) is 12.8. The predicted octanol–water partition coefficient (Wildman–Crippen LogP) is 2.45. The fourth-order valence-electron chi connectivity index (χ4n) is 2.60. The standard InChI is InChI=1S/C10H8BrNO2.C8H5NO2.C2H4Br2.CH4.K/c11-5-6-12-9(13)7-3-1-2-4-8(7)10(12)14;10-7-5-3-1-2-4-6(5)8(11)9-7;3-1-2-4;;/h1-4H,5-6H2;1-4H,(H,9,10,11);1-2H2;1H4;/q;;;;+1/p-1. The van der Waals surface area contributed by atoms with Gasteiger partial charge in [-0.15, -0.1) is 0 Å². The van der Waals surface area contributed by atoms with Gasteiger partial charge in [0.15, 0.2) is 0 Å². The van der Waals surface area contributed by atoms with Gasteiger partial charge in [-0.1, -0.05) is 91.6 Å². The number of imide groups is 2. The van der Waals surface area contributed by atoms with Gasteiger partial charge in [-0.25, -0.2) is 0 Å². The molecule has 0 saturated heterocycles. The molecule has 0 fully saturated rings. The molecule has 0 aliphatic carbocycles. The minimum atomic E-state index is -0.425. The predicted molar refractivity (Wildman–Crippen MR) is 128 cm³/mol. The molecule has 0 spiro atoms. The van der Waals surface area contributed by atoms with Crippen LogP contribution < -0.4 is 51.4 Å². The van der Waals surface area contributed by atoms with Gasteiger partial charge in [-0.05, 0) is 12.1 Å². The summed E-state index contributed by atoms with van der Waals surface area (Å²) in [4.78, 5) is 46.4. The summed E-state index contributed by atoms with van der Waals surface area (Å²) in [5.74, 6) is -1.23. The van der Waals surface area contributed by atoms with E-state index in [0.717, 1.165) is 10.7 Å². The molecule has 2 heterocycles. The molecular formula is C21H20Br3KN2O4. The summed E-state index contributed by atoms with van der Waals surface area (Å²) in [6.07, 6.45) is 0. The Morgan fingerprint density at radius 2 is 1.00 bits per heavy atom. The summed E-state index contributed by atoms with van der Waals surface area (Å²) in [5.41, 5.74) is 1.85. The first-order valence-corrected chi connectivity index (χ1v) is 11.8. The molecule has 10 heteroatoms. The molecule has 0 aromatic heterocycles. The zero-order chi connectivity index (χ0) is 21.4. The molecule has 4 rings (SSSR count). The Labute approximate surface area is 249 Å². The zero-order valence-electron chi connectivity index (χ0n) is 16.1. The number of benzene rings is 2. The van der Waals surface area contributed by atoms with E-state index in [9.17, 15) is 19.2 Å². The van der Waals surface area contributed by atoms with E-state index in [1.165, 1.54) is 4.90 Å². The number of carbonyl (C=O) groups excluding carboxylic acids is 4. The van der Waals surface area contributed by atoms with Gasteiger partial charge in [0.2, 0.25) is 0 Å². The fourth-order valence-corrected chi connectivity index (χ4v) is 2.95. The monoisotopic (exact) mass is 640 g/mol. The topological polar surface area (TPSA) is 85.6 Å². The van der Waals surface area contributed by atoms with Crippen molar-refractivity contribution in [2.45, 2.75) is 7.43 Å². The van der Waals surface area contributed by atoms with Gasteiger partial charge in [0, 0.05) is 33.7 Å². The van der Waals surface area contributed by atoms with Gasteiger partial charge in [0.1, 0.15) is 0 Å². The van der Waals surface area contributed by atoms with Crippen LogP contribution >= 0.6 is 47.8 Å². The Kier molecular flexibility index (Phi) is 15.5. The van der Waals surface area contributed by atoms with Crippen LogP contribution in [-0.4, -0.2) is 51.1 Å². The van der Waals surface area contributed by atoms with Gasteiger partial charge >= 0.3 is 51.4 Å². The molecule has 0 unspecified atom stereocenters. The number of rotatable bonds is 3. The third kappa shape index (κ3) is 7.95. The minimum Gasteiger partial charge on any atom is -0.587 e. The Balaban J connectivity index is 0.000000478. The third-order valence-electron chi connectivity index (χ3n) is 3.85. The van der Waals surface area contributed by atoms with Gasteiger partial charge in [0.05, 0.1) is 22.9 Å². The van der Waals surface area contributed by atoms with E-state index in [4.69, 9.17) is 0 Å². The molecule has 6 nitrogen and oxygen atoms in total. The first kappa shape index (κ1) is 30.8. The second kappa shape index (κ2) is 15.6. The molecule has 0 saturated carbocycles. The van der Waals surface area contributed by atoms with Crippen LogP contribution in [0.15, 0.2) is 48.5 Å². The minimum absolute atomic E-state index is 0. The van der Waals surface area contributed by atoms with Crippen molar-refractivity contribution >= 4 is 71.4 Å². The first-order chi connectivity index (χ1) is 14.0. The van der Waals surface area contributed by atoms with E-state index in [1.54, 1.807) is 48.5 Å². The van der Waals surface area contributed by atoms with Crippen molar-refractivity contribution in [3.05, 3.63) is 76.1 Å². The number of hydrogen-bond donors (Lipinski definition) is 0. The number of fused-ring (bicyclic) bond motifs is 2. The largest absolute Gasteiger partial charge is 1.00 e. The maximum Gasteiger partial charge on any atom is 1.00 e. The van der Waals surface area contributed by atoms with Crippen LogP contribution in [0.4, 0.5) is 0 Å². The molecule has 4 amide bonds. The van der Waals surface area contributed by atoms with Crippen LogP contribution in [0.5, 0.6) is 0 Å². The molecule has 0 radical (unpaired) electrons. The fraction of sp³-hybridized carbons (Fsp3) is 0.238. The molecule has 0 N–H and O–H groups in total. The number of amides is 4. The molecule has 2 aromatic rings. The Morgan fingerprint density at radius 1 is 0.645 bits per heavy atom. The molecule has 160 valence electrons. The van der Waals surface area contributed by atoms with E-state index in [1.807, 2.05) is 0 Å². The Bertz CT molecular complexity index is 870. The SMILES string of the molecule is BrCCBr.C.O=C1[N-]C(=O)c2ccccc21.O=C1c2ccccc2C(=O)N1CCBr.[K+]. The first-order valence-electron chi connectivity index (χ1n) is 8.48. The van der Waals surface area contributed by atoms with Crippen LogP contribution in [0.1, 0.15) is 48.9 Å². The average molecular weight is 643 g/mol. The molecule has 2 aromatic carbocycles. The Hall–Kier alpha value is -0.204. The molecule has 0 atom stereocenters. The number of nitrogens with zero attached hydrogens (tertiary/aromatic N) is 2. The van der Waals surface area contributed by atoms with Crippen LogP contribution in [0.25, 0.3) is 5.32 Å². The smallest absolute Gasteiger partial charge is 0.587 e. The van der Waals surface area contributed by atoms with Gasteiger partial charge in [-0.2, -0.15) is 0 Å². The van der Waals surface area contributed by atoms with E-state index < -0.39 is 11.8 Å². The molecule has 2 aliphatic heterocycles. The van der Waals surface area contributed by atoms with Crippen molar-refractivity contribution in [1.29, 1.82) is 0 Å². The van der Waals surface area contributed by atoms with Crippen molar-refractivity contribution in [2.24, 2.45) is 0 Å². The van der Waals surface area contributed by atoms with Gasteiger partial charge < -0.3 is 14.9 Å². The maximum atomic E-state index is 11.7. The second-order valence-electron chi connectivity index (χ2n) is 5.64. The quantitative estimate of drug-likeness (QED) is 0.293. The van der Waals surface area contributed by atoms with Crippen LogP contribution in [0.2, 0.25) is 0 Å². The van der Waals surface area contributed by atoms with Crippen molar-refractivity contribution in [2.75, 3.05) is 22.5 Å². The van der Waals surface area contributed by atoms with Crippen LogP contribution in [0, 0.1) is 0 Å². The maximum absolute atomic E-state index is 11.7. The summed E-state index contributed by atoms with van der Waals surface area (Å²) in [6.45, 7) is 0.423. The van der Waals surface area contributed by atoms with Gasteiger partial charge in [-0.3, -0.25) is 14.5 Å². The Morgan fingerprint density at radius 3 is 1.32 bits per heavy atom. The number of hydrogen-bond acceptors (Lipinski definition) is 4. The van der Waals surface area contributed by atoms with E-state index >= 15 is 0 Å². The van der Waals surface area contributed by atoms with Crippen LogP contribution in [0.3, 0.4) is 0 Å². The summed E-state index contributed by atoms with van der Waals surface area (Å²) in [7, 11) is 0. The summed E-state index contributed by atoms with van der Waals surface area (Å²) < 4.78 is 0. The second-order valence-corrected chi connectivity index (χ2v) is 8.02. The van der Waals surface area contributed by atoms with E-state index in [-0.39, 0.29) is 70.6 Å². The third-order valence-corrected chi connectivity index (χ3v) is 6.06. The average Bonchev–Trinajstić information content (AvgIpc) is 3.18. The van der Waals surface area contributed by atoms with E-state index in [0.29, 0.717) is 34.1 Å². The van der Waals surface area contributed by atoms with Gasteiger partial charge in [0.25, 0.3) is 11.8 Å². The summed E-state index contributed by atoms with van der Waals surface area (Å²) >= 11 is 9.62. The van der Waals surface area contributed by atoms with Crippen molar-refractivity contribution in [1.82, 2.24) is 4.90 Å². The summed E-state index contributed by atoms with van der Waals surface area (Å²) in [5, 5.41) is 5.99. The summed E-state index contributed by atoms with van der Waals surface area (Å²) in [6, 6.07) is 13.5. The van der Waals surface area contributed by atoms with Crippen molar-refractivity contribution < 1.29 is 70.6 Å². The molecule has 31 heavy (non-hydrogen) atoms. The number of alkyl halides is 3. The molecule has 0 bridgehead atoms. The van der Waals surface area contributed by atoms with E-state index in [2.05, 4.69) is 53.1 Å².